The first-order chi connectivity index (χ1) is 7.54. The van der Waals surface area contributed by atoms with E-state index in [4.69, 9.17) is 16.3 Å². The van der Waals surface area contributed by atoms with Crippen molar-refractivity contribution in [3.8, 4) is 5.75 Å². The molecule has 1 aromatic carbocycles. The van der Waals surface area contributed by atoms with Gasteiger partial charge in [-0.1, -0.05) is 41.4 Å². The zero-order valence-corrected chi connectivity index (χ0v) is 11.7. The third kappa shape index (κ3) is 3.95. The first-order valence-corrected chi connectivity index (χ1v) is 6.68. The molecule has 0 aliphatic heterocycles. The average Bonchev–Trinajstić information content (AvgIpc) is 2.23. The fourth-order valence-corrected chi connectivity index (χ4v) is 2.29. The number of alkyl halides is 1. The molecule has 1 nitrogen and oxygen atoms in total. The van der Waals surface area contributed by atoms with Crippen LogP contribution < -0.4 is 4.74 Å². The summed E-state index contributed by atoms with van der Waals surface area (Å²) >= 11 is 9.11. The molecule has 0 fully saturated rings. The smallest absolute Gasteiger partial charge is 0.142 e. The van der Waals surface area contributed by atoms with Gasteiger partial charge >= 0.3 is 0 Å². The molecule has 4 heteroatoms. The Hall–Kier alpha value is -0.280. The summed E-state index contributed by atoms with van der Waals surface area (Å²) in [6.07, 6.45) is 0. The van der Waals surface area contributed by atoms with Crippen molar-refractivity contribution in [1.82, 2.24) is 0 Å². The van der Waals surface area contributed by atoms with E-state index in [9.17, 15) is 4.39 Å². The number of halogens is 3. The van der Waals surface area contributed by atoms with Crippen LogP contribution in [0, 0.1) is 17.7 Å². The van der Waals surface area contributed by atoms with Gasteiger partial charge in [-0.3, -0.25) is 0 Å². The van der Waals surface area contributed by atoms with E-state index in [0.29, 0.717) is 24.2 Å². The molecule has 0 heterocycles. The van der Waals surface area contributed by atoms with E-state index < -0.39 is 5.82 Å². The molecule has 0 aromatic heterocycles. The van der Waals surface area contributed by atoms with Gasteiger partial charge in [0.25, 0.3) is 0 Å². The topological polar surface area (TPSA) is 9.23 Å². The summed E-state index contributed by atoms with van der Waals surface area (Å²) in [6, 6.07) is 4.41. The minimum Gasteiger partial charge on any atom is -0.493 e. The van der Waals surface area contributed by atoms with Gasteiger partial charge in [-0.15, -0.1) is 0 Å². The monoisotopic (exact) mass is 308 g/mol. The fraction of sp³-hybridized carbons (Fsp3) is 0.500. The lowest BCUT2D eigenvalue weighted by molar-refractivity contribution is 0.227. The Morgan fingerprint density at radius 1 is 1.44 bits per heavy atom. The van der Waals surface area contributed by atoms with E-state index in [2.05, 4.69) is 29.8 Å². The predicted octanol–water partition coefficient (Wildman–Crippen LogP) is 4.53. The van der Waals surface area contributed by atoms with E-state index in [1.54, 1.807) is 6.07 Å². The van der Waals surface area contributed by atoms with Gasteiger partial charge in [0.05, 0.1) is 11.6 Å². The molecular formula is C12H15BrClFO. The summed E-state index contributed by atoms with van der Waals surface area (Å²) in [7, 11) is 0. The summed E-state index contributed by atoms with van der Waals surface area (Å²) in [4.78, 5) is 0. The maximum absolute atomic E-state index is 12.9. The second-order valence-corrected chi connectivity index (χ2v) is 5.10. The van der Waals surface area contributed by atoms with Gasteiger partial charge in [-0.05, 0) is 18.1 Å². The second kappa shape index (κ2) is 6.45. The number of benzene rings is 1. The quantitative estimate of drug-likeness (QED) is 0.726. The van der Waals surface area contributed by atoms with Crippen molar-refractivity contribution in [1.29, 1.82) is 0 Å². The minimum absolute atomic E-state index is 0.0949. The van der Waals surface area contributed by atoms with Crippen molar-refractivity contribution in [3.05, 3.63) is 29.0 Å². The number of hydrogen-bond acceptors (Lipinski definition) is 1. The first-order valence-electron chi connectivity index (χ1n) is 5.18. The lowest BCUT2D eigenvalue weighted by atomic mass is 9.99. The SMILES string of the molecule is CC(C)C(CBr)COc1ccc(F)c(Cl)c1. The Morgan fingerprint density at radius 2 is 2.12 bits per heavy atom. The third-order valence-corrected chi connectivity index (χ3v) is 3.62. The highest BCUT2D eigenvalue weighted by atomic mass is 79.9. The molecule has 0 aliphatic carbocycles. The molecule has 16 heavy (non-hydrogen) atoms. The Morgan fingerprint density at radius 3 is 2.62 bits per heavy atom. The van der Waals surface area contributed by atoms with E-state index in [1.807, 2.05) is 0 Å². The fourth-order valence-electron chi connectivity index (χ4n) is 1.19. The van der Waals surface area contributed by atoms with Crippen LogP contribution in [0.1, 0.15) is 13.8 Å². The van der Waals surface area contributed by atoms with Crippen LogP contribution in [0.3, 0.4) is 0 Å². The molecule has 0 radical (unpaired) electrons. The molecule has 0 bridgehead atoms. The van der Waals surface area contributed by atoms with E-state index in [-0.39, 0.29) is 5.02 Å². The van der Waals surface area contributed by atoms with Crippen LogP contribution in [-0.2, 0) is 0 Å². The van der Waals surface area contributed by atoms with Crippen molar-refractivity contribution < 1.29 is 9.13 Å². The lowest BCUT2D eigenvalue weighted by Crippen LogP contribution is -2.19. The van der Waals surface area contributed by atoms with Crippen LogP contribution in [0.15, 0.2) is 18.2 Å². The average molecular weight is 310 g/mol. The van der Waals surface area contributed by atoms with Crippen molar-refractivity contribution in [2.24, 2.45) is 11.8 Å². The Kier molecular flexibility index (Phi) is 5.56. The summed E-state index contributed by atoms with van der Waals surface area (Å²) < 4.78 is 18.5. The zero-order valence-electron chi connectivity index (χ0n) is 9.34. The maximum Gasteiger partial charge on any atom is 0.142 e. The summed E-state index contributed by atoms with van der Waals surface area (Å²) in [5.74, 6) is 1.16. The van der Waals surface area contributed by atoms with Crippen LogP contribution in [0.2, 0.25) is 5.02 Å². The second-order valence-electron chi connectivity index (χ2n) is 4.05. The van der Waals surface area contributed by atoms with Gasteiger partial charge < -0.3 is 4.74 Å². The Balaban J connectivity index is 2.57. The van der Waals surface area contributed by atoms with Gasteiger partial charge in [-0.25, -0.2) is 4.39 Å². The van der Waals surface area contributed by atoms with E-state index >= 15 is 0 Å². The van der Waals surface area contributed by atoms with Crippen molar-refractivity contribution in [3.63, 3.8) is 0 Å². The van der Waals surface area contributed by atoms with Gasteiger partial charge in [0.1, 0.15) is 11.6 Å². The van der Waals surface area contributed by atoms with Gasteiger partial charge in [0.2, 0.25) is 0 Å². The van der Waals surface area contributed by atoms with Gasteiger partial charge in [-0.2, -0.15) is 0 Å². The van der Waals surface area contributed by atoms with Gasteiger partial charge in [0.15, 0.2) is 0 Å². The third-order valence-electron chi connectivity index (χ3n) is 2.50. The standard InChI is InChI=1S/C12H15BrClFO/c1-8(2)9(6-13)7-16-10-3-4-12(15)11(14)5-10/h3-5,8-9H,6-7H2,1-2H3. The molecule has 0 spiro atoms. The molecule has 0 aliphatic rings. The number of ether oxygens (including phenoxy) is 1. The van der Waals surface area contributed by atoms with Crippen molar-refractivity contribution >= 4 is 27.5 Å². The lowest BCUT2D eigenvalue weighted by Gasteiger charge is -2.18. The minimum atomic E-state index is -0.421. The van der Waals surface area contributed by atoms with Crippen LogP contribution >= 0.6 is 27.5 Å². The van der Waals surface area contributed by atoms with Crippen LogP contribution in [0.5, 0.6) is 5.75 Å². The largest absolute Gasteiger partial charge is 0.493 e. The van der Waals surface area contributed by atoms with E-state index in [0.717, 1.165) is 5.33 Å². The summed E-state index contributed by atoms with van der Waals surface area (Å²) in [5.41, 5.74) is 0. The molecule has 1 aromatic rings. The number of hydrogen-bond donors (Lipinski definition) is 0. The number of rotatable bonds is 5. The Bertz CT molecular complexity index is 344. The van der Waals surface area contributed by atoms with Crippen LogP contribution in [-0.4, -0.2) is 11.9 Å². The molecule has 1 atom stereocenters. The first kappa shape index (κ1) is 13.8. The predicted molar refractivity (Wildman–Crippen MR) is 69.0 cm³/mol. The zero-order chi connectivity index (χ0) is 12.1. The molecule has 0 N–H and O–H groups in total. The highest BCUT2D eigenvalue weighted by Crippen LogP contribution is 2.22. The molecule has 1 unspecified atom stereocenters. The summed E-state index contributed by atoms with van der Waals surface area (Å²) in [6.45, 7) is 4.89. The van der Waals surface area contributed by atoms with Crippen molar-refractivity contribution in [2.45, 2.75) is 13.8 Å². The molecular weight excluding hydrogens is 294 g/mol. The maximum atomic E-state index is 12.9. The molecule has 0 saturated carbocycles. The normalized spacial score (nSPS) is 12.9. The van der Waals surface area contributed by atoms with Crippen LogP contribution in [0.25, 0.3) is 0 Å². The Labute approximate surface area is 109 Å². The molecule has 0 saturated heterocycles. The summed E-state index contributed by atoms with van der Waals surface area (Å²) in [5, 5.41) is 0.983. The van der Waals surface area contributed by atoms with Crippen LogP contribution in [0.4, 0.5) is 4.39 Å². The molecule has 90 valence electrons. The molecule has 1 rings (SSSR count). The molecule has 0 amide bonds. The highest BCUT2D eigenvalue weighted by Gasteiger charge is 2.13. The highest BCUT2D eigenvalue weighted by molar-refractivity contribution is 9.09. The van der Waals surface area contributed by atoms with Crippen molar-refractivity contribution in [2.75, 3.05) is 11.9 Å². The van der Waals surface area contributed by atoms with Gasteiger partial charge in [0, 0.05) is 17.3 Å². The van der Waals surface area contributed by atoms with E-state index in [1.165, 1.54) is 12.1 Å².